The summed E-state index contributed by atoms with van der Waals surface area (Å²) in [6, 6.07) is 3.54. The molecule has 0 aromatic carbocycles. The third-order valence-electron chi connectivity index (χ3n) is 1.85. The van der Waals surface area contributed by atoms with E-state index in [1.807, 2.05) is 0 Å². The van der Waals surface area contributed by atoms with Gasteiger partial charge < -0.3 is 9.47 Å². The first-order valence-corrected chi connectivity index (χ1v) is 6.57. The summed E-state index contributed by atoms with van der Waals surface area (Å²) in [7, 11) is 1.53. The van der Waals surface area contributed by atoms with Crippen LogP contribution >= 0.6 is 15.9 Å². The Morgan fingerprint density at radius 2 is 2.11 bits per heavy atom. The second-order valence-corrected chi connectivity index (χ2v) is 5.22. The standard InChI is InChI=1S/C12H17BrN2O3/c1-12(2,3)18-11(16)15-9-5-8(7-13)6-10(14-9)17-4/h5-6H,7H2,1-4H3,(H,14,15,16). The Kier molecular flexibility index (Phi) is 4.95. The van der Waals surface area contributed by atoms with E-state index in [0.29, 0.717) is 17.0 Å². The predicted octanol–water partition coefficient (Wildman–Crippen LogP) is 3.33. The molecule has 0 radical (unpaired) electrons. The number of carbonyl (C=O) groups excluding carboxylic acids is 1. The van der Waals surface area contributed by atoms with E-state index in [2.05, 4.69) is 26.2 Å². The first-order chi connectivity index (χ1) is 8.34. The van der Waals surface area contributed by atoms with Crippen LogP contribution in [0.1, 0.15) is 26.3 Å². The van der Waals surface area contributed by atoms with E-state index in [1.165, 1.54) is 7.11 Å². The second kappa shape index (κ2) is 6.04. The first-order valence-electron chi connectivity index (χ1n) is 5.45. The lowest BCUT2D eigenvalue weighted by Crippen LogP contribution is -2.27. The number of hydrogen-bond donors (Lipinski definition) is 1. The molecule has 18 heavy (non-hydrogen) atoms. The van der Waals surface area contributed by atoms with Gasteiger partial charge in [0.15, 0.2) is 0 Å². The van der Waals surface area contributed by atoms with E-state index in [-0.39, 0.29) is 0 Å². The van der Waals surface area contributed by atoms with Crippen molar-refractivity contribution >= 4 is 27.8 Å². The number of rotatable bonds is 3. The van der Waals surface area contributed by atoms with E-state index < -0.39 is 11.7 Å². The molecule has 0 unspecified atom stereocenters. The molecule has 1 N–H and O–H groups in total. The number of carbonyl (C=O) groups is 1. The molecule has 0 saturated carbocycles. The summed E-state index contributed by atoms with van der Waals surface area (Å²) in [6.07, 6.45) is -0.538. The van der Waals surface area contributed by atoms with Gasteiger partial charge in [0, 0.05) is 11.4 Å². The number of anilines is 1. The minimum absolute atomic E-state index is 0.401. The molecule has 6 heteroatoms. The molecule has 1 aromatic heterocycles. The number of amides is 1. The number of ether oxygens (including phenoxy) is 2. The summed E-state index contributed by atoms with van der Waals surface area (Å²) in [4.78, 5) is 15.7. The molecule has 0 spiro atoms. The number of hydrogen-bond acceptors (Lipinski definition) is 4. The van der Waals surface area contributed by atoms with E-state index in [0.717, 1.165) is 5.56 Å². The van der Waals surface area contributed by atoms with Crippen LogP contribution in [0, 0.1) is 0 Å². The van der Waals surface area contributed by atoms with Gasteiger partial charge in [0.2, 0.25) is 5.88 Å². The van der Waals surface area contributed by atoms with Crippen LogP contribution in [0.15, 0.2) is 12.1 Å². The van der Waals surface area contributed by atoms with Crippen molar-refractivity contribution in [2.24, 2.45) is 0 Å². The zero-order valence-electron chi connectivity index (χ0n) is 10.9. The highest BCUT2D eigenvalue weighted by Gasteiger charge is 2.17. The molecule has 0 atom stereocenters. The molecule has 1 amide bonds. The smallest absolute Gasteiger partial charge is 0.413 e. The van der Waals surface area contributed by atoms with Crippen molar-refractivity contribution in [1.29, 1.82) is 0 Å². The lowest BCUT2D eigenvalue weighted by atomic mass is 10.2. The summed E-state index contributed by atoms with van der Waals surface area (Å²) in [5.74, 6) is 0.844. The van der Waals surface area contributed by atoms with Crippen molar-refractivity contribution in [3.05, 3.63) is 17.7 Å². The predicted molar refractivity (Wildman–Crippen MR) is 73.3 cm³/mol. The van der Waals surface area contributed by atoms with Crippen LogP contribution in [-0.4, -0.2) is 23.8 Å². The molecule has 1 heterocycles. The van der Waals surface area contributed by atoms with Gasteiger partial charge in [-0.25, -0.2) is 4.79 Å². The van der Waals surface area contributed by atoms with Crippen LogP contribution in [0.4, 0.5) is 10.6 Å². The number of nitrogens with zero attached hydrogens (tertiary/aromatic N) is 1. The van der Waals surface area contributed by atoms with Gasteiger partial charge >= 0.3 is 6.09 Å². The van der Waals surface area contributed by atoms with Crippen molar-refractivity contribution < 1.29 is 14.3 Å². The molecule has 0 aliphatic carbocycles. The van der Waals surface area contributed by atoms with Gasteiger partial charge in [-0.05, 0) is 32.4 Å². The lowest BCUT2D eigenvalue weighted by Gasteiger charge is -2.19. The highest BCUT2D eigenvalue weighted by atomic mass is 79.9. The SMILES string of the molecule is COc1cc(CBr)cc(NC(=O)OC(C)(C)C)n1. The Labute approximate surface area is 115 Å². The molecule has 5 nitrogen and oxygen atoms in total. The van der Waals surface area contributed by atoms with E-state index in [4.69, 9.17) is 9.47 Å². The molecule has 100 valence electrons. The summed E-state index contributed by atoms with van der Waals surface area (Å²) in [5, 5.41) is 3.22. The molecule has 0 aliphatic heterocycles. The Bertz CT molecular complexity index is 408. The van der Waals surface area contributed by atoms with Crippen molar-refractivity contribution in [1.82, 2.24) is 4.98 Å². The summed E-state index contributed by atoms with van der Waals surface area (Å²) in [5.41, 5.74) is 0.411. The van der Waals surface area contributed by atoms with E-state index in [9.17, 15) is 4.79 Å². The third-order valence-corrected chi connectivity index (χ3v) is 2.50. The van der Waals surface area contributed by atoms with Gasteiger partial charge in [0.25, 0.3) is 0 Å². The fraction of sp³-hybridized carbons (Fsp3) is 0.500. The van der Waals surface area contributed by atoms with Gasteiger partial charge in [-0.2, -0.15) is 4.98 Å². The molecule has 0 aliphatic rings. The minimum Gasteiger partial charge on any atom is -0.481 e. The average Bonchev–Trinajstić information content (AvgIpc) is 2.25. The fourth-order valence-electron chi connectivity index (χ4n) is 1.21. The molecule has 1 rings (SSSR count). The summed E-state index contributed by atoms with van der Waals surface area (Å²) in [6.45, 7) is 5.40. The van der Waals surface area contributed by atoms with Gasteiger partial charge in [0.1, 0.15) is 11.4 Å². The lowest BCUT2D eigenvalue weighted by molar-refractivity contribution is 0.0635. The van der Waals surface area contributed by atoms with Gasteiger partial charge in [-0.15, -0.1) is 0 Å². The Hall–Kier alpha value is -1.30. The molecule has 0 fully saturated rings. The molecule has 1 aromatic rings. The first kappa shape index (κ1) is 14.8. The largest absolute Gasteiger partial charge is 0.481 e. The van der Waals surface area contributed by atoms with Crippen LogP contribution in [0.5, 0.6) is 5.88 Å². The number of methoxy groups -OCH3 is 1. The summed E-state index contributed by atoms with van der Waals surface area (Å²) < 4.78 is 10.2. The molecule has 0 saturated heterocycles. The number of aromatic nitrogens is 1. The normalized spacial score (nSPS) is 10.9. The maximum Gasteiger partial charge on any atom is 0.413 e. The Morgan fingerprint density at radius 1 is 1.44 bits per heavy atom. The molecular weight excluding hydrogens is 300 g/mol. The maximum absolute atomic E-state index is 11.6. The van der Waals surface area contributed by atoms with Gasteiger partial charge in [-0.1, -0.05) is 15.9 Å². The maximum atomic E-state index is 11.6. The Balaban J connectivity index is 2.80. The van der Waals surface area contributed by atoms with Crippen molar-refractivity contribution in [3.63, 3.8) is 0 Å². The topological polar surface area (TPSA) is 60.5 Å². The van der Waals surface area contributed by atoms with Crippen molar-refractivity contribution in [2.45, 2.75) is 31.7 Å². The van der Waals surface area contributed by atoms with E-state index in [1.54, 1.807) is 32.9 Å². The van der Waals surface area contributed by atoms with Crippen molar-refractivity contribution in [3.8, 4) is 5.88 Å². The van der Waals surface area contributed by atoms with Crippen molar-refractivity contribution in [2.75, 3.05) is 12.4 Å². The Morgan fingerprint density at radius 3 is 2.61 bits per heavy atom. The third kappa shape index (κ3) is 4.91. The van der Waals surface area contributed by atoms with Crippen LogP contribution < -0.4 is 10.1 Å². The monoisotopic (exact) mass is 316 g/mol. The fourth-order valence-corrected chi connectivity index (χ4v) is 1.54. The average molecular weight is 317 g/mol. The second-order valence-electron chi connectivity index (χ2n) is 4.66. The van der Waals surface area contributed by atoms with Gasteiger partial charge in [-0.3, -0.25) is 5.32 Å². The quantitative estimate of drug-likeness (QED) is 0.869. The van der Waals surface area contributed by atoms with Crippen LogP contribution in [0.3, 0.4) is 0 Å². The highest BCUT2D eigenvalue weighted by molar-refractivity contribution is 9.08. The molecular formula is C12H17BrN2O3. The van der Waals surface area contributed by atoms with Crippen LogP contribution in [0.25, 0.3) is 0 Å². The van der Waals surface area contributed by atoms with E-state index >= 15 is 0 Å². The number of halogens is 1. The number of pyridine rings is 1. The van der Waals surface area contributed by atoms with Gasteiger partial charge in [0.05, 0.1) is 7.11 Å². The number of alkyl halides is 1. The summed E-state index contributed by atoms with van der Waals surface area (Å²) >= 11 is 3.34. The van der Waals surface area contributed by atoms with Crippen LogP contribution in [-0.2, 0) is 10.1 Å². The highest BCUT2D eigenvalue weighted by Crippen LogP contribution is 2.18. The zero-order chi connectivity index (χ0) is 13.8. The minimum atomic E-state index is -0.540. The number of nitrogens with one attached hydrogen (secondary N) is 1. The zero-order valence-corrected chi connectivity index (χ0v) is 12.5. The van der Waals surface area contributed by atoms with Crippen LogP contribution in [0.2, 0.25) is 0 Å². The molecule has 0 bridgehead atoms.